The number of aromatic nitrogens is 3. The first-order valence-corrected chi connectivity index (χ1v) is 4.56. The minimum Gasteiger partial charge on any atom is -0.317 e. The Bertz CT molecular complexity index is 264. The Kier molecular flexibility index (Phi) is 4.18. The van der Waals surface area contributed by atoms with E-state index in [9.17, 15) is 0 Å². The van der Waals surface area contributed by atoms with E-state index in [1.807, 2.05) is 13.1 Å². The highest BCUT2D eigenvalue weighted by Gasteiger charge is 1.91. The molecule has 0 unspecified atom stereocenters. The van der Waals surface area contributed by atoms with Gasteiger partial charge in [-0.15, -0.1) is 5.10 Å². The minimum absolute atomic E-state index is 1.03. The standard InChI is InChI=1S/C9H16N4/c1-3-10-7-5-4-6-9-8-11-12-13(9)2/h4,6,8,10H,3,5,7H2,1-2H3/b6-4+. The molecule has 0 fully saturated rings. The summed E-state index contributed by atoms with van der Waals surface area (Å²) in [6, 6.07) is 0. The number of nitrogens with one attached hydrogen (secondary N) is 1. The first-order chi connectivity index (χ1) is 6.34. The Morgan fingerprint density at radius 2 is 2.46 bits per heavy atom. The predicted octanol–water partition coefficient (Wildman–Crippen LogP) is 0.828. The fourth-order valence-electron chi connectivity index (χ4n) is 1.01. The van der Waals surface area contributed by atoms with E-state index in [-0.39, 0.29) is 0 Å². The fourth-order valence-corrected chi connectivity index (χ4v) is 1.01. The van der Waals surface area contributed by atoms with Crippen LogP contribution in [0.1, 0.15) is 19.0 Å². The summed E-state index contributed by atoms with van der Waals surface area (Å²) in [5.74, 6) is 0. The van der Waals surface area contributed by atoms with Crippen LogP contribution in [0.4, 0.5) is 0 Å². The van der Waals surface area contributed by atoms with Crippen LogP contribution < -0.4 is 5.32 Å². The Morgan fingerprint density at radius 3 is 3.08 bits per heavy atom. The molecule has 0 aliphatic rings. The summed E-state index contributed by atoms with van der Waals surface area (Å²) in [5, 5.41) is 10.9. The quantitative estimate of drug-likeness (QED) is 0.682. The molecule has 0 atom stereocenters. The lowest BCUT2D eigenvalue weighted by atomic mass is 10.3. The van der Waals surface area contributed by atoms with Gasteiger partial charge in [0.05, 0.1) is 11.9 Å². The van der Waals surface area contributed by atoms with Crippen LogP contribution in [0.5, 0.6) is 0 Å². The second kappa shape index (κ2) is 5.48. The molecule has 0 spiro atoms. The summed E-state index contributed by atoms with van der Waals surface area (Å²) in [6.07, 6.45) is 6.96. The topological polar surface area (TPSA) is 42.7 Å². The SMILES string of the molecule is CCNCC/C=C/c1cnnn1C. The molecule has 0 saturated carbocycles. The van der Waals surface area contributed by atoms with Crippen molar-refractivity contribution < 1.29 is 0 Å². The highest BCUT2D eigenvalue weighted by molar-refractivity contribution is 5.42. The van der Waals surface area contributed by atoms with E-state index in [0.29, 0.717) is 0 Å². The van der Waals surface area contributed by atoms with Gasteiger partial charge in [-0.05, 0) is 25.6 Å². The van der Waals surface area contributed by atoms with E-state index in [1.165, 1.54) is 0 Å². The van der Waals surface area contributed by atoms with Gasteiger partial charge in [0.1, 0.15) is 0 Å². The largest absolute Gasteiger partial charge is 0.317 e. The van der Waals surface area contributed by atoms with Crippen molar-refractivity contribution in [3.63, 3.8) is 0 Å². The summed E-state index contributed by atoms with van der Waals surface area (Å²) in [5.41, 5.74) is 1.04. The molecule has 13 heavy (non-hydrogen) atoms. The van der Waals surface area contributed by atoms with E-state index < -0.39 is 0 Å². The van der Waals surface area contributed by atoms with Crippen molar-refractivity contribution in [1.82, 2.24) is 20.3 Å². The molecule has 0 aliphatic carbocycles. The lowest BCUT2D eigenvalue weighted by Gasteiger charge is -1.95. The summed E-state index contributed by atoms with van der Waals surface area (Å²) < 4.78 is 1.75. The third kappa shape index (κ3) is 3.38. The van der Waals surface area contributed by atoms with Crippen LogP contribution in [0, 0.1) is 0 Å². The Hall–Kier alpha value is -1.16. The average Bonchev–Trinajstić information content (AvgIpc) is 2.52. The molecule has 72 valence electrons. The van der Waals surface area contributed by atoms with Crippen molar-refractivity contribution in [2.75, 3.05) is 13.1 Å². The van der Waals surface area contributed by atoms with Gasteiger partial charge in [0, 0.05) is 7.05 Å². The summed E-state index contributed by atoms with van der Waals surface area (Å²) in [4.78, 5) is 0. The maximum absolute atomic E-state index is 3.83. The highest BCUT2D eigenvalue weighted by Crippen LogP contribution is 1.97. The maximum Gasteiger partial charge on any atom is 0.0806 e. The third-order valence-electron chi connectivity index (χ3n) is 1.78. The molecule has 4 nitrogen and oxygen atoms in total. The van der Waals surface area contributed by atoms with Gasteiger partial charge >= 0.3 is 0 Å². The van der Waals surface area contributed by atoms with Crippen molar-refractivity contribution in [3.8, 4) is 0 Å². The summed E-state index contributed by atoms with van der Waals surface area (Å²) in [6.45, 7) is 4.16. The average molecular weight is 180 g/mol. The van der Waals surface area contributed by atoms with Gasteiger partial charge in [0.15, 0.2) is 0 Å². The fraction of sp³-hybridized carbons (Fsp3) is 0.556. The van der Waals surface area contributed by atoms with Crippen molar-refractivity contribution >= 4 is 6.08 Å². The number of rotatable bonds is 5. The van der Waals surface area contributed by atoms with E-state index in [2.05, 4.69) is 28.6 Å². The van der Waals surface area contributed by atoms with Gasteiger partial charge in [-0.3, -0.25) is 0 Å². The first-order valence-electron chi connectivity index (χ1n) is 4.56. The van der Waals surface area contributed by atoms with Crippen LogP contribution in [0.2, 0.25) is 0 Å². The van der Waals surface area contributed by atoms with Crippen molar-refractivity contribution in [1.29, 1.82) is 0 Å². The Labute approximate surface area is 78.6 Å². The Balaban J connectivity index is 2.28. The molecule has 1 aromatic rings. The van der Waals surface area contributed by atoms with E-state index in [1.54, 1.807) is 10.9 Å². The first kappa shape index (κ1) is 9.92. The lowest BCUT2D eigenvalue weighted by molar-refractivity contribution is 0.708. The van der Waals surface area contributed by atoms with E-state index >= 15 is 0 Å². The van der Waals surface area contributed by atoms with Gasteiger partial charge in [0.25, 0.3) is 0 Å². The van der Waals surface area contributed by atoms with Crippen LogP contribution in [0.15, 0.2) is 12.3 Å². The monoisotopic (exact) mass is 180 g/mol. The molecule has 1 N–H and O–H groups in total. The summed E-state index contributed by atoms with van der Waals surface area (Å²) in [7, 11) is 1.89. The molecule has 1 aromatic heterocycles. The van der Waals surface area contributed by atoms with E-state index in [0.717, 1.165) is 25.2 Å². The maximum atomic E-state index is 3.83. The van der Waals surface area contributed by atoms with Gasteiger partial charge in [-0.25, -0.2) is 4.68 Å². The molecule has 4 heteroatoms. The minimum atomic E-state index is 1.03. The number of hydrogen-bond donors (Lipinski definition) is 1. The predicted molar refractivity (Wildman–Crippen MR) is 53.2 cm³/mol. The summed E-state index contributed by atoms with van der Waals surface area (Å²) >= 11 is 0. The number of aryl methyl sites for hydroxylation is 1. The van der Waals surface area contributed by atoms with Crippen LogP contribution in [-0.2, 0) is 7.05 Å². The van der Waals surface area contributed by atoms with Gasteiger partial charge < -0.3 is 5.32 Å². The third-order valence-corrected chi connectivity index (χ3v) is 1.78. The van der Waals surface area contributed by atoms with Gasteiger partial charge in [-0.2, -0.15) is 0 Å². The van der Waals surface area contributed by atoms with Crippen LogP contribution in [0.3, 0.4) is 0 Å². The highest BCUT2D eigenvalue weighted by atomic mass is 15.4. The second-order valence-electron chi connectivity index (χ2n) is 2.83. The molecule has 0 bridgehead atoms. The smallest absolute Gasteiger partial charge is 0.0806 e. The second-order valence-corrected chi connectivity index (χ2v) is 2.83. The molecule has 0 aliphatic heterocycles. The molecular weight excluding hydrogens is 164 g/mol. The van der Waals surface area contributed by atoms with Gasteiger partial charge in [0.2, 0.25) is 0 Å². The molecule has 1 rings (SSSR count). The van der Waals surface area contributed by atoms with Crippen LogP contribution in [-0.4, -0.2) is 28.1 Å². The van der Waals surface area contributed by atoms with Crippen molar-refractivity contribution in [2.45, 2.75) is 13.3 Å². The zero-order valence-corrected chi connectivity index (χ0v) is 8.20. The molecule has 0 radical (unpaired) electrons. The number of hydrogen-bond acceptors (Lipinski definition) is 3. The van der Waals surface area contributed by atoms with Crippen LogP contribution >= 0.6 is 0 Å². The molecule has 0 aromatic carbocycles. The van der Waals surface area contributed by atoms with Crippen LogP contribution in [0.25, 0.3) is 6.08 Å². The Morgan fingerprint density at radius 1 is 1.62 bits per heavy atom. The normalized spacial score (nSPS) is 11.2. The van der Waals surface area contributed by atoms with E-state index in [4.69, 9.17) is 0 Å². The van der Waals surface area contributed by atoms with Gasteiger partial charge in [-0.1, -0.05) is 18.2 Å². The molecule has 0 saturated heterocycles. The molecular formula is C9H16N4. The van der Waals surface area contributed by atoms with Crippen molar-refractivity contribution in [2.24, 2.45) is 7.05 Å². The lowest BCUT2D eigenvalue weighted by Crippen LogP contribution is -2.12. The zero-order chi connectivity index (χ0) is 9.52. The zero-order valence-electron chi connectivity index (χ0n) is 8.20. The number of nitrogens with zero attached hydrogens (tertiary/aromatic N) is 3. The molecule has 1 heterocycles. The molecule has 0 amide bonds. The van der Waals surface area contributed by atoms with Crippen molar-refractivity contribution in [3.05, 3.63) is 18.0 Å².